The van der Waals surface area contributed by atoms with E-state index in [1.807, 2.05) is 6.92 Å². The molecule has 0 unspecified atom stereocenters. The predicted molar refractivity (Wildman–Crippen MR) is 92.4 cm³/mol. The molecule has 0 spiro atoms. The lowest BCUT2D eigenvalue weighted by atomic mass is 9.95. The lowest BCUT2D eigenvalue weighted by molar-refractivity contribution is -0.0833. The molecule has 3 heterocycles. The molecule has 8 heteroatoms. The maximum atomic E-state index is 13.1. The molecule has 0 aliphatic carbocycles. The summed E-state index contributed by atoms with van der Waals surface area (Å²) in [6.45, 7) is 1.84. The number of aliphatic hydroxyl groups excluding tert-OH is 2. The third-order valence-electron chi connectivity index (χ3n) is 4.96. The number of hydrogen-bond acceptors (Lipinski definition) is 6. The van der Waals surface area contributed by atoms with Crippen LogP contribution in [-0.2, 0) is 4.74 Å². The van der Waals surface area contributed by atoms with E-state index >= 15 is 0 Å². The van der Waals surface area contributed by atoms with Gasteiger partial charge in [-0.2, -0.15) is 0 Å². The second kappa shape index (κ2) is 6.31. The number of anilines is 1. The Labute approximate surface area is 148 Å². The van der Waals surface area contributed by atoms with Crippen molar-refractivity contribution in [1.29, 1.82) is 0 Å². The Morgan fingerprint density at radius 3 is 2.69 bits per heavy atom. The summed E-state index contributed by atoms with van der Waals surface area (Å²) in [7, 11) is 0. The van der Waals surface area contributed by atoms with E-state index in [1.165, 1.54) is 30.6 Å². The first-order valence-corrected chi connectivity index (χ1v) is 8.31. The van der Waals surface area contributed by atoms with Crippen molar-refractivity contribution < 1.29 is 19.3 Å². The molecule has 1 aromatic carbocycles. The van der Waals surface area contributed by atoms with E-state index < -0.39 is 30.4 Å². The van der Waals surface area contributed by atoms with Crippen molar-refractivity contribution in [3.05, 3.63) is 54.2 Å². The van der Waals surface area contributed by atoms with Gasteiger partial charge in [-0.3, -0.25) is 0 Å². The average molecular weight is 358 g/mol. The number of nitrogens with zero attached hydrogens (tertiary/aromatic N) is 3. The first kappa shape index (κ1) is 16.9. The van der Waals surface area contributed by atoms with Crippen molar-refractivity contribution in [2.45, 2.75) is 31.5 Å². The second-order valence-electron chi connectivity index (χ2n) is 6.56. The van der Waals surface area contributed by atoms with Crippen LogP contribution in [0.15, 0.2) is 42.9 Å². The molecule has 4 N–H and O–H groups in total. The second-order valence-corrected chi connectivity index (χ2v) is 6.56. The number of fused-ring (bicyclic) bond motifs is 1. The molecule has 26 heavy (non-hydrogen) atoms. The minimum absolute atomic E-state index is 0.304. The number of halogens is 1. The Bertz CT molecular complexity index is 930. The van der Waals surface area contributed by atoms with Crippen molar-refractivity contribution >= 4 is 16.9 Å². The summed E-state index contributed by atoms with van der Waals surface area (Å²) in [4.78, 5) is 8.21. The van der Waals surface area contributed by atoms with Crippen LogP contribution in [0.25, 0.3) is 11.0 Å². The molecule has 7 nitrogen and oxygen atoms in total. The molecule has 1 aliphatic rings. The average Bonchev–Trinajstić information content (AvgIpc) is 3.18. The van der Waals surface area contributed by atoms with E-state index in [9.17, 15) is 14.6 Å². The number of ether oxygens (including phenoxy) is 1. The van der Waals surface area contributed by atoms with Gasteiger partial charge in [0.25, 0.3) is 0 Å². The molecule has 0 amide bonds. The van der Waals surface area contributed by atoms with Crippen molar-refractivity contribution in [3.63, 3.8) is 0 Å². The Hall–Kier alpha value is -2.55. The van der Waals surface area contributed by atoms with Gasteiger partial charge in [0.05, 0.1) is 11.5 Å². The van der Waals surface area contributed by atoms with Crippen LogP contribution in [-0.4, -0.2) is 37.0 Å². The van der Waals surface area contributed by atoms with Crippen LogP contribution < -0.4 is 5.73 Å². The smallest absolute Gasteiger partial charge is 0.147 e. The number of aliphatic hydroxyl groups is 2. The van der Waals surface area contributed by atoms with Crippen LogP contribution in [0.5, 0.6) is 0 Å². The summed E-state index contributed by atoms with van der Waals surface area (Å²) in [5, 5.41) is 21.9. The van der Waals surface area contributed by atoms with Gasteiger partial charge in [-0.25, -0.2) is 14.4 Å². The summed E-state index contributed by atoms with van der Waals surface area (Å²) in [6, 6.07) is 7.27. The van der Waals surface area contributed by atoms with Gasteiger partial charge in [-0.1, -0.05) is 19.1 Å². The van der Waals surface area contributed by atoms with Gasteiger partial charge in [0.1, 0.15) is 42.0 Å². The van der Waals surface area contributed by atoms with Gasteiger partial charge in [-0.05, 0) is 23.8 Å². The third-order valence-corrected chi connectivity index (χ3v) is 4.96. The van der Waals surface area contributed by atoms with Crippen LogP contribution in [0.4, 0.5) is 10.2 Å². The molecule has 0 saturated carbocycles. The standard InChI is InChI=1S/C18H19FN4O3/c1-9-13(24)15(14(25)10-2-4-11(19)5-3-10)26-18(9)23-7-6-12-16(20)21-8-22-17(12)23/h2-9,13-15,18,24-25H,1H3,(H2,20,21,22)/t9-,13+,14-,15+,18-/m1/s1. The largest absolute Gasteiger partial charge is 0.390 e. The third kappa shape index (κ3) is 2.63. The Morgan fingerprint density at radius 1 is 1.23 bits per heavy atom. The molecule has 4 rings (SSSR count). The molecule has 0 bridgehead atoms. The zero-order chi connectivity index (χ0) is 18.4. The highest BCUT2D eigenvalue weighted by atomic mass is 19.1. The zero-order valence-electron chi connectivity index (χ0n) is 14.0. The highest BCUT2D eigenvalue weighted by molar-refractivity contribution is 5.86. The fourth-order valence-electron chi connectivity index (χ4n) is 3.46. The maximum Gasteiger partial charge on any atom is 0.147 e. The van der Waals surface area contributed by atoms with E-state index in [0.717, 1.165) is 0 Å². The fraction of sp³-hybridized carbons (Fsp3) is 0.333. The van der Waals surface area contributed by atoms with Crippen LogP contribution in [0.2, 0.25) is 0 Å². The number of benzene rings is 1. The van der Waals surface area contributed by atoms with Crippen LogP contribution in [0, 0.1) is 11.7 Å². The summed E-state index contributed by atoms with van der Waals surface area (Å²) >= 11 is 0. The molecule has 1 saturated heterocycles. The first-order chi connectivity index (χ1) is 12.5. The normalized spacial score (nSPS) is 27.1. The number of nitrogen functional groups attached to an aromatic ring is 1. The molecular weight excluding hydrogens is 339 g/mol. The van der Waals surface area contributed by atoms with Crippen molar-refractivity contribution in [3.8, 4) is 0 Å². The zero-order valence-corrected chi connectivity index (χ0v) is 14.0. The van der Waals surface area contributed by atoms with E-state index in [4.69, 9.17) is 10.5 Å². The highest BCUT2D eigenvalue weighted by Crippen LogP contribution is 2.41. The lowest BCUT2D eigenvalue weighted by Gasteiger charge is -2.22. The molecular formula is C18H19FN4O3. The predicted octanol–water partition coefficient (Wildman–Crippen LogP) is 1.78. The Balaban J connectivity index is 1.65. The lowest BCUT2D eigenvalue weighted by Crippen LogP contribution is -2.31. The van der Waals surface area contributed by atoms with E-state index in [2.05, 4.69) is 9.97 Å². The van der Waals surface area contributed by atoms with Gasteiger partial charge in [0.15, 0.2) is 0 Å². The molecule has 0 radical (unpaired) electrons. The molecule has 3 aromatic rings. The molecule has 136 valence electrons. The van der Waals surface area contributed by atoms with Crippen molar-refractivity contribution in [1.82, 2.24) is 14.5 Å². The van der Waals surface area contributed by atoms with Gasteiger partial charge in [-0.15, -0.1) is 0 Å². The molecule has 1 aliphatic heterocycles. The van der Waals surface area contributed by atoms with E-state index in [0.29, 0.717) is 22.4 Å². The first-order valence-electron chi connectivity index (χ1n) is 8.31. The van der Waals surface area contributed by atoms with E-state index in [-0.39, 0.29) is 5.92 Å². The molecule has 2 aromatic heterocycles. The monoisotopic (exact) mass is 358 g/mol. The summed E-state index contributed by atoms with van der Waals surface area (Å²) in [5.41, 5.74) is 6.94. The van der Waals surface area contributed by atoms with E-state index in [1.54, 1.807) is 16.8 Å². The Kier molecular flexibility index (Phi) is 4.10. The number of nitrogens with two attached hydrogens (primary N) is 1. The fourth-order valence-corrected chi connectivity index (χ4v) is 3.46. The summed E-state index contributed by atoms with van der Waals surface area (Å²) < 4.78 is 20.9. The van der Waals surface area contributed by atoms with Crippen molar-refractivity contribution in [2.75, 3.05) is 5.73 Å². The minimum Gasteiger partial charge on any atom is -0.390 e. The summed E-state index contributed by atoms with van der Waals surface area (Å²) in [6.07, 6.45) is -0.226. The number of aromatic nitrogens is 3. The number of rotatable bonds is 3. The van der Waals surface area contributed by atoms with Crippen LogP contribution >= 0.6 is 0 Å². The number of hydrogen-bond donors (Lipinski definition) is 3. The van der Waals surface area contributed by atoms with Crippen LogP contribution in [0.3, 0.4) is 0 Å². The quantitative estimate of drug-likeness (QED) is 0.659. The van der Waals surface area contributed by atoms with Gasteiger partial charge < -0.3 is 25.3 Å². The van der Waals surface area contributed by atoms with Gasteiger partial charge in [0.2, 0.25) is 0 Å². The Morgan fingerprint density at radius 2 is 1.96 bits per heavy atom. The SMILES string of the molecule is C[C@@H]1[C@H](O)[C@@H]([C@H](O)c2ccc(F)cc2)O[C@H]1n1ccc2c(N)ncnc21. The van der Waals surface area contributed by atoms with Crippen LogP contribution in [0.1, 0.15) is 24.8 Å². The summed E-state index contributed by atoms with van der Waals surface area (Å²) in [5.74, 6) is -0.332. The topological polar surface area (TPSA) is 106 Å². The maximum absolute atomic E-state index is 13.1. The molecule has 5 atom stereocenters. The van der Waals surface area contributed by atoms with Gasteiger partial charge >= 0.3 is 0 Å². The molecule has 1 fully saturated rings. The van der Waals surface area contributed by atoms with Crippen molar-refractivity contribution in [2.24, 2.45) is 5.92 Å². The van der Waals surface area contributed by atoms with Gasteiger partial charge in [0, 0.05) is 12.1 Å². The minimum atomic E-state index is -1.08. The highest BCUT2D eigenvalue weighted by Gasteiger charge is 2.45.